The van der Waals surface area contributed by atoms with Gasteiger partial charge in [0, 0.05) is 16.1 Å². The molecule has 2 aromatic carbocycles. The second-order valence-corrected chi connectivity index (χ2v) is 8.32. The van der Waals surface area contributed by atoms with Crippen molar-refractivity contribution < 1.29 is 23.8 Å². The first kappa shape index (κ1) is 21.1. The van der Waals surface area contributed by atoms with Crippen molar-refractivity contribution in [3.63, 3.8) is 0 Å². The van der Waals surface area contributed by atoms with Crippen LogP contribution in [-0.4, -0.2) is 23.9 Å². The maximum atomic E-state index is 13.5. The summed E-state index contributed by atoms with van der Waals surface area (Å²) in [5.41, 5.74) is 1.44. The van der Waals surface area contributed by atoms with E-state index in [0.29, 0.717) is 11.4 Å². The molecule has 0 radical (unpaired) electrons. The number of rotatable bonds is 4. The van der Waals surface area contributed by atoms with Crippen LogP contribution in [0.5, 0.6) is 5.75 Å². The van der Waals surface area contributed by atoms with Crippen LogP contribution in [0.1, 0.15) is 22.0 Å². The standard InChI is InChI=1S/C23H17ClFNO4S/c1-12-9-10-31-22(12)19-18(20(27)13-3-8-17(30-2)16(24)11-13)21(28)23(29)26(19)15-6-4-14(25)5-7-15/h3-11,19,27H,1-2H3/b20-18-. The van der Waals surface area contributed by atoms with Gasteiger partial charge in [0.25, 0.3) is 11.7 Å². The summed E-state index contributed by atoms with van der Waals surface area (Å²) in [5.74, 6) is -2.02. The minimum atomic E-state index is -0.855. The average Bonchev–Trinajstić information content (AvgIpc) is 3.29. The Bertz CT molecular complexity index is 1220. The van der Waals surface area contributed by atoms with E-state index < -0.39 is 23.5 Å². The number of carbonyl (C=O) groups is 2. The number of hydrogen-bond donors (Lipinski definition) is 1. The summed E-state index contributed by atoms with van der Waals surface area (Å²) in [7, 11) is 1.47. The highest BCUT2D eigenvalue weighted by Crippen LogP contribution is 2.45. The number of hydrogen-bond acceptors (Lipinski definition) is 5. The number of ether oxygens (including phenoxy) is 1. The molecular formula is C23H17ClFNO4S. The zero-order chi connectivity index (χ0) is 22.3. The average molecular weight is 458 g/mol. The Morgan fingerprint density at radius 3 is 2.45 bits per heavy atom. The van der Waals surface area contributed by atoms with Crippen LogP contribution in [0.15, 0.2) is 59.5 Å². The largest absolute Gasteiger partial charge is 0.507 e. The smallest absolute Gasteiger partial charge is 0.300 e. The van der Waals surface area contributed by atoms with E-state index in [1.165, 1.54) is 53.7 Å². The number of anilines is 1. The monoisotopic (exact) mass is 457 g/mol. The number of halogens is 2. The van der Waals surface area contributed by atoms with Crippen molar-refractivity contribution in [3.8, 4) is 5.75 Å². The summed E-state index contributed by atoms with van der Waals surface area (Å²) in [6.45, 7) is 1.86. The van der Waals surface area contributed by atoms with E-state index in [4.69, 9.17) is 16.3 Å². The molecule has 0 aliphatic carbocycles. The zero-order valence-electron chi connectivity index (χ0n) is 16.6. The lowest BCUT2D eigenvalue weighted by Gasteiger charge is -2.25. The Morgan fingerprint density at radius 1 is 1.16 bits per heavy atom. The lowest BCUT2D eigenvalue weighted by atomic mass is 9.98. The van der Waals surface area contributed by atoms with E-state index in [-0.39, 0.29) is 21.9 Å². The summed E-state index contributed by atoms with van der Waals surface area (Å²) in [5, 5.41) is 13.2. The van der Waals surface area contributed by atoms with Gasteiger partial charge in [-0.2, -0.15) is 0 Å². The molecular weight excluding hydrogens is 441 g/mol. The van der Waals surface area contributed by atoms with Gasteiger partial charge in [-0.1, -0.05) is 11.6 Å². The molecule has 4 rings (SSSR count). The molecule has 31 heavy (non-hydrogen) atoms. The normalized spacial score (nSPS) is 17.9. The van der Waals surface area contributed by atoms with E-state index in [0.717, 1.165) is 10.4 Å². The summed E-state index contributed by atoms with van der Waals surface area (Å²) >= 11 is 7.56. The second-order valence-electron chi connectivity index (χ2n) is 6.96. The minimum absolute atomic E-state index is 0.0545. The fraction of sp³-hybridized carbons (Fsp3) is 0.130. The van der Waals surface area contributed by atoms with Crippen LogP contribution in [0.3, 0.4) is 0 Å². The first-order valence-electron chi connectivity index (χ1n) is 9.28. The van der Waals surface area contributed by atoms with Crippen LogP contribution in [0.25, 0.3) is 5.76 Å². The summed E-state index contributed by atoms with van der Waals surface area (Å²) < 4.78 is 18.6. The molecule has 0 bridgehead atoms. The molecule has 158 valence electrons. The minimum Gasteiger partial charge on any atom is -0.507 e. The molecule has 1 atom stereocenters. The first-order chi connectivity index (χ1) is 14.8. The Morgan fingerprint density at radius 2 is 1.87 bits per heavy atom. The topological polar surface area (TPSA) is 66.8 Å². The first-order valence-corrected chi connectivity index (χ1v) is 10.5. The molecule has 1 aliphatic rings. The maximum Gasteiger partial charge on any atom is 0.300 e. The van der Waals surface area contributed by atoms with Crippen molar-refractivity contribution in [3.05, 3.63) is 86.3 Å². The number of methoxy groups -OCH3 is 1. The SMILES string of the molecule is COc1ccc(/C(O)=C2/C(=O)C(=O)N(c3ccc(F)cc3)C2c2sccc2C)cc1Cl. The van der Waals surface area contributed by atoms with Gasteiger partial charge < -0.3 is 9.84 Å². The van der Waals surface area contributed by atoms with Crippen molar-refractivity contribution >= 4 is 46.1 Å². The predicted molar refractivity (Wildman–Crippen MR) is 118 cm³/mol. The van der Waals surface area contributed by atoms with Gasteiger partial charge in [-0.15, -0.1) is 11.3 Å². The van der Waals surface area contributed by atoms with Crippen LogP contribution in [-0.2, 0) is 9.59 Å². The van der Waals surface area contributed by atoms with Gasteiger partial charge in [0.2, 0.25) is 0 Å². The number of carbonyl (C=O) groups excluding carboxylic acids is 2. The molecule has 1 unspecified atom stereocenters. The van der Waals surface area contributed by atoms with Crippen molar-refractivity contribution in [2.24, 2.45) is 0 Å². The van der Waals surface area contributed by atoms with Gasteiger partial charge >= 0.3 is 0 Å². The van der Waals surface area contributed by atoms with Crippen molar-refractivity contribution in [2.75, 3.05) is 12.0 Å². The van der Waals surface area contributed by atoms with Gasteiger partial charge in [-0.25, -0.2) is 4.39 Å². The van der Waals surface area contributed by atoms with Crippen molar-refractivity contribution in [1.29, 1.82) is 0 Å². The molecule has 5 nitrogen and oxygen atoms in total. The number of nitrogens with zero attached hydrogens (tertiary/aromatic N) is 1. The number of aliphatic hydroxyl groups is 1. The molecule has 1 aromatic heterocycles. The third-order valence-electron chi connectivity index (χ3n) is 5.12. The Hall–Kier alpha value is -3.16. The Balaban J connectivity index is 1.93. The highest BCUT2D eigenvalue weighted by Gasteiger charge is 2.47. The number of aliphatic hydroxyl groups excluding tert-OH is 1. The molecule has 0 spiro atoms. The van der Waals surface area contributed by atoms with Gasteiger partial charge in [-0.3, -0.25) is 14.5 Å². The highest BCUT2D eigenvalue weighted by molar-refractivity contribution is 7.10. The van der Waals surface area contributed by atoms with Gasteiger partial charge in [0.15, 0.2) is 0 Å². The van der Waals surface area contributed by atoms with E-state index in [9.17, 15) is 19.1 Å². The van der Waals surface area contributed by atoms with E-state index in [1.807, 2.05) is 18.4 Å². The predicted octanol–water partition coefficient (Wildman–Crippen LogP) is 5.48. The van der Waals surface area contributed by atoms with Crippen molar-refractivity contribution in [1.82, 2.24) is 0 Å². The van der Waals surface area contributed by atoms with Gasteiger partial charge in [0.05, 0.1) is 17.7 Å². The van der Waals surface area contributed by atoms with Crippen LogP contribution in [0.2, 0.25) is 5.02 Å². The number of ketones is 1. The third kappa shape index (κ3) is 3.60. The zero-order valence-corrected chi connectivity index (χ0v) is 18.1. The summed E-state index contributed by atoms with van der Waals surface area (Å²) in [4.78, 5) is 28.1. The fourth-order valence-electron chi connectivity index (χ4n) is 3.58. The summed E-state index contributed by atoms with van der Waals surface area (Å²) in [6, 6.07) is 10.9. The lowest BCUT2D eigenvalue weighted by molar-refractivity contribution is -0.132. The number of amides is 1. The molecule has 8 heteroatoms. The number of thiophene rings is 1. The number of Topliss-reactive ketones (excluding diaryl/α,β-unsaturated/α-hetero) is 1. The van der Waals surface area contributed by atoms with Crippen LogP contribution in [0.4, 0.5) is 10.1 Å². The number of benzene rings is 2. The molecule has 2 heterocycles. The van der Waals surface area contributed by atoms with Crippen LogP contribution >= 0.6 is 22.9 Å². The molecule has 3 aromatic rings. The fourth-order valence-corrected chi connectivity index (χ4v) is 4.86. The molecule has 1 N–H and O–H groups in total. The van der Waals surface area contributed by atoms with E-state index in [1.54, 1.807) is 12.1 Å². The van der Waals surface area contributed by atoms with Crippen molar-refractivity contribution in [2.45, 2.75) is 13.0 Å². The quantitative estimate of drug-likeness (QED) is 0.320. The summed E-state index contributed by atoms with van der Waals surface area (Å²) in [6.07, 6.45) is 0. The molecule has 0 saturated carbocycles. The lowest BCUT2D eigenvalue weighted by Crippen LogP contribution is -2.29. The van der Waals surface area contributed by atoms with Crippen LogP contribution < -0.4 is 9.64 Å². The maximum absolute atomic E-state index is 13.5. The molecule has 1 saturated heterocycles. The Kier molecular flexibility index (Phi) is 5.56. The van der Waals surface area contributed by atoms with E-state index in [2.05, 4.69) is 0 Å². The highest BCUT2D eigenvalue weighted by atomic mass is 35.5. The third-order valence-corrected chi connectivity index (χ3v) is 6.49. The molecule has 1 fully saturated rings. The molecule has 1 aliphatic heterocycles. The van der Waals surface area contributed by atoms with Gasteiger partial charge in [0.1, 0.15) is 23.4 Å². The van der Waals surface area contributed by atoms with E-state index >= 15 is 0 Å². The number of aryl methyl sites for hydroxylation is 1. The Labute approximate surface area is 187 Å². The van der Waals surface area contributed by atoms with Crippen LogP contribution in [0, 0.1) is 12.7 Å². The van der Waals surface area contributed by atoms with Gasteiger partial charge in [-0.05, 0) is 66.4 Å². The second kappa shape index (κ2) is 8.17. The molecule has 1 amide bonds.